The number of allylic oxidation sites excluding steroid dienone is 1. The van der Waals surface area contributed by atoms with Crippen LogP contribution < -0.4 is 5.32 Å². The van der Waals surface area contributed by atoms with E-state index < -0.39 is 0 Å². The largest absolute Gasteiger partial charge is 0.302 e. The highest BCUT2D eigenvalue weighted by molar-refractivity contribution is 5.78. The van der Waals surface area contributed by atoms with Gasteiger partial charge in [0.1, 0.15) is 0 Å². The summed E-state index contributed by atoms with van der Waals surface area (Å²) >= 11 is 0. The van der Waals surface area contributed by atoms with E-state index in [1.807, 2.05) is 0 Å². The lowest BCUT2D eigenvalue weighted by atomic mass is 9.94. The molecule has 1 heterocycles. The zero-order chi connectivity index (χ0) is 11.9. The van der Waals surface area contributed by atoms with Crippen LogP contribution in [0.4, 0.5) is 0 Å². The molecule has 2 aromatic rings. The van der Waals surface area contributed by atoms with E-state index in [9.17, 15) is 0 Å². The monoisotopic (exact) mass is 233 g/mol. The molecule has 2 aromatic carbocycles. The predicted molar refractivity (Wildman–Crippen MR) is 74.1 cm³/mol. The van der Waals surface area contributed by atoms with Crippen LogP contribution in [0.3, 0.4) is 0 Å². The third-order valence-electron chi connectivity index (χ3n) is 4.04. The Morgan fingerprint density at radius 1 is 0.889 bits per heavy atom. The Kier molecular flexibility index (Phi) is 2.14. The van der Waals surface area contributed by atoms with Gasteiger partial charge in [-0.2, -0.15) is 0 Å². The van der Waals surface area contributed by atoms with Gasteiger partial charge in [-0.15, -0.1) is 0 Å². The van der Waals surface area contributed by atoms with Crippen molar-refractivity contribution < 1.29 is 0 Å². The third-order valence-corrected chi connectivity index (χ3v) is 4.04. The van der Waals surface area contributed by atoms with Crippen molar-refractivity contribution in [3.63, 3.8) is 0 Å². The van der Waals surface area contributed by atoms with Crippen LogP contribution in [-0.4, -0.2) is 0 Å². The summed E-state index contributed by atoms with van der Waals surface area (Å²) in [7, 11) is 0. The van der Waals surface area contributed by atoms with Crippen LogP contribution in [0.15, 0.2) is 54.6 Å². The third kappa shape index (κ3) is 1.37. The first-order valence-corrected chi connectivity index (χ1v) is 6.53. The zero-order valence-corrected chi connectivity index (χ0v) is 10.2. The highest BCUT2D eigenvalue weighted by Gasteiger charge is 2.28. The van der Waals surface area contributed by atoms with Crippen molar-refractivity contribution in [1.29, 1.82) is 0 Å². The summed E-state index contributed by atoms with van der Waals surface area (Å²) in [4.78, 5) is 0. The first-order chi connectivity index (χ1) is 8.93. The molecule has 1 aliphatic carbocycles. The Morgan fingerprint density at radius 3 is 2.61 bits per heavy atom. The van der Waals surface area contributed by atoms with Crippen LogP contribution in [0.25, 0.3) is 5.57 Å². The molecule has 0 saturated carbocycles. The fraction of sp³-hybridized carbons (Fsp3) is 0.176. The van der Waals surface area contributed by atoms with Crippen LogP contribution in [0.1, 0.15) is 28.3 Å². The van der Waals surface area contributed by atoms with E-state index in [1.165, 1.54) is 27.8 Å². The first-order valence-electron chi connectivity index (χ1n) is 6.53. The Morgan fingerprint density at radius 2 is 1.67 bits per heavy atom. The van der Waals surface area contributed by atoms with E-state index in [1.54, 1.807) is 0 Å². The van der Waals surface area contributed by atoms with Gasteiger partial charge in [-0.3, -0.25) is 0 Å². The molecule has 1 atom stereocenters. The minimum atomic E-state index is 0.379. The maximum Gasteiger partial charge on any atom is 0.0585 e. The summed E-state index contributed by atoms with van der Waals surface area (Å²) in [5.74, 6) is 0. The van der Waals surface area contributed by atoms with Crippen molar-refractivity contribution in [2.75, 3.05) is 0 Å². The molecule has 1 unspecified atom stereocenters. The molecular formula is C17H15N. The fourth-order valence-corrected chi connectivity index (χ4v) is 3.16. The lowest BCUT2D eigenvalue weighted by Crippen LogP contribution is -2.13. The standard InChI is InChI=1S/C17H15N/c1-3-7-14-12(5-1)9-10-16(14)17-15-8-4-2-6-13(15)11-18-17/h1-8,10,17-18H,9,11H2. The molecule has 0 aromatic heterocycles. The van der Waals surface area contributed by atoms with Gasteiger partial charge in [0.05, 0.1) is 6.04 Å². The van der Waals surface area contributed by atoms with E-state index in [4.69, 9.17) is 0 Å². The summed E-state index contributed by atoms with van der Waals surface area (Å²) in [5.41, 5.74) is 7.22. The molecule has 4 rings (SSSR count). The van der Waals surface area contributed by atoms with Crippen molar-refractivity contribution in [3.8, 4) is 0 Å². The highest BCUT2D eigenvalue weighted by atomic mass is 14.9. The lowest BCUT2D eigenvalue weighted by Gasteiger charge is -2.15. The second-order valence-corrected chi connectivity index (χ2v) is 5.03. The number of benzene rings is 2. The average molecular weight is 233 g/mol. The fourth-order valence-electron chi connectivity index (χ4n) is 3.16. The van der Waals surface area contributed by atoms with E-state index in [0.717, 1.165) is 13.0 Å². The van der Waals surface area contributed by atoms with Gasteiger partial charge >= 0.3 is 0 Å². The molecule has 0 fully saturated rings. The summed E-state index contributed by atoms with van der Waals surface area (Å²) in [6.45, 7) is 0.986. The molecule has 1 nitrogen and oxygen atoms in total. The number of fused-ring (bicyclic) bond motifs is 2. The van der Waals surface area contributed by atoms with Crippen molar-refractivity contribution in [2.45, 2.75) is 19.0 Å². The Balaban J connectivity index is 1.79. The first kappa shape index (κ1) is 10.1. The average Bonchev–Trinajstić information content (AvgIpc) is 3.01. The molecule has 1 heteroatoms. The quantitative estimate of drug-likeness (QED) is 0.795. The van der Waals surface area contributed by atoms with Crippen LogP contribution in [0, 0.1) is 0 Å². The summed E-state index contributed by atoms with van der Waals surface area (Å²) < 4.78 is 0. The molecule has 0 radical (unpaired) electrons. The topological polar surface area (TPSA) is 12.0 Å². The second kappa shape index (κ2) is 3.82. The number of rotatable bonds is 1. The van der Waals surface area contributed by atoms with Gasteiger partial charge in [-0.05, 0) is 34.2 Å². The van der Waals surface area contributed by atoms with E-state index >= 15 is 0 Å². The van der Waals surface area contributed by atoms with Gasteiger partial charge in [0.25, 0.3) is 0 Å². The summed E-state index contributed by atoms with van der Waals surface area (Å²) in [5, 5.41) is 3.64. The molecule has 2 aliphatic rings. The second-order valence-electron chi connectivity index (χ2n) is 5.03. The van der Waals surface area contributed by atoms with Gasteiger partial charge in [0, 0.05) is 6.54 Å². The van der Waals surface area contributed by atoms with Crippen LogP contribution >= 0.6 is 0 Å². The van der Waals surface area contributed by atoms with Gasteiger partial charge in [-0.25, -0.2) is 0 Å². The molecule has 0 saturated heterocycles. The molecule has 88 valence electrons. The Labute approximate surface area is 107 Å². The summed E-state index contributed by atoms with van der Waals surface area (Å²) in [6.07, 6.45) is 3.45. The smallest absolute Gasteiger partial charge is 0.0585 e. The molecule has 0 spiro atoms. The maximum absolute atomic E-state index is 3.64. The molecule has 0 amide bonds. The molecule has 1 aliphatic heterocycles. The minimum Gasteiger partial charge on any atom is -0.302 e. The van der Waals surface area contributed by atoms with Gasteiger partial charge < -0.3 is 5.32 Å². The predicted octanol–water partition coefficient (Wildman–Crippen LogP) is 3.47. The lowest BCUT2D eigenvalue weighted by molar-refractivity contribution is 0.700. The number of nitrogens with one attached hydrogen (secondary N) is 1. The molecule has 0 bridgehead atoms. The molecular weight excluding hydrogens is 218 g/mol. The van der Waals surface area contributed by atoms with E-state index in [0.29, 0.717) is 6.04 Å². The van der Waals surface area contributed by atoms with E-state index in [2.05, 4.69) is 59.9 Å². The Hall–Kier alpha value is -1.86. The highest BCUT2D eigenvalue weighted by Crippen LogP contribution is 2.40. The van der Waals surface area contributed by atoms with Gasteiger partial charge in [0.2, 0.25) is 0 Å². The van der Waals surface area contributed by atoms with Crippen molar-refractivity contribution in [2.24, 2.45) is 0 Å². The van der Waals surface area contributed by atoms with Crippen molar-refractivity contribution in [1.82, 2.24) is 5.32 Å². The minimum absolute atomic E-state index is 0.379. The Bertz CT molecular complexity index is 640. The SMILES string of the molecule is C1=C(C2NCc3ccccc32)c2ccccc2C1. The maximum atomic E-state index is 3.64. The summed E-state index contributed by atoms with van der Waals surface area (Å²) in [6, 6.07) is 17.9. The van der Waals surface area contributed by atoms with E-state index in [-0.39, 0.29) is 0 Å². The van der Waals surface area contributed by atoms with Crippen molar-refractivity contribution >= 4 is 5.57 Å². The van der Waals surface area contributed by atoms with Gasteiger partial charge in [-0.1, -0.05) is 54.6 Å². The number of hydrogen-bond donors (Lipinski definition) is 1. The zero-order valence-electron chi connectivity index (χ0n) is 10.2. The van der Waals surface area contributed by atoms with Gasteiger partial charge in [0.15, 0.2) is 0 Å². The van der Waals surface area contributed by atoms with Crippen LogP contribution in [0.2, 0.25) is 0 Å². The van der Waals surface area contributed by atoms with Crippen LogP contribution in [-0.2, 0) is 13.0 Å². The number of hydrogen-bond acceptors (Lipinski definition) is 1. The van der Waals surface area contributed by atoms with Crippen LogP contribution in [0.5, 0.6) is 0 Å². The normalized spacial score (nSPS) is 20.4. The molecule has 18 heavy (non-hydrogen) atoms. The van der Waals surface area contributed by atoms with Crippen molar-refractivity contribution in [3.05, 3.63) is 76.9 Å². The molecule has 1 N–H and O–H groups in total.